The molecule has 1 aromatic heterocycles. The van der Waals surface area contributed by atoms with Gasteiger partial charge in [0.15, 0.2) is 0 Å². The van der Waals surface area contributed by atoms with Gasteiger partial charge in [0.25, 0.3) is 11.6 Å². The third-order valence-corrected chi connectivity index (χ3v) is 6.81. The number of hydrogen-bond donors (Lipinski definition) is 1. The second-order valence-electron chi connectivity index (χ2n) is 8.69. The maximum absolute atomic E-state index is 13.0. The summed E-state index contributed by atoms with van der Waals surface area (Å²) in [5, 5.41) is 13.9. The zero-order chi connectivity index (χ0) is 22.2. The lowest BCUT2D eigenvalue weighted by Crippen LogP contribution is -2.45. The number of piperidine rings is 1. The molecule has 1 N–H and O–H groups in total. The first-order valence-electron chi connectivity index (χ1n) is 11.1. The van der Waals surface area contributed by atoms with Crippen LogP contribution in [0.1, 0.15) is 53.2 Å². The lowest BCUT2D eigenvalue weighted by molar-refractivity contribution is -0.384. The maximum atomic E-state index is 13.0. The number of pyridine rings is 1. The Morgan fingerprint density at radius 1 is 1.09 bits per heavy atom. The standard InChI is InChI=1S/C23H25N5O4/c29-22-21(18-13-17(28(31)32)4-6-19(18)25-22)20-5-3-15(14-24-20)23(30)27-11-7-16(8-12-27)26-9-1-2-10-26/h3-6,13-14,16,21H,1-2,7-12H2,(H,25,29). The molecule has 3 aliphatic rings. The van der Waals surface area contributed by atoms with Crippen LogP contribution in [0, 0.1) is 10.1 Å². The molecule has 2 amide bonds. The summed E-state index contributed by atoms with van der Waals surface area (Å²) < 4.78 is 0. The summed E-state index contributed by atoms with van der Waals surface area (Å²) in [6, 6.07) is 8.25. The van der Waals surface area contributed by atoms with Gasteiger partial charge in [0, 0.05) is 48.7 Å². The van der Waals surface area contributed by atoms with Gasteiger partial charge < -0.3 is 15.1 Å². The number of aromatic nitrogens is 1. The first-order valence-corrected chi connectivity index (χ1v) is 11.1. The lowest BCUT2D eigenvalue weighted by Gasteiger charge is -2.36. The second kappa shape index (κ2) is 8.31. The van der Waals surface area contributed by atoms with Crippen molar-refractivity contribution in [2.45, 2.75) is 37.6 Å². The quantitative estimate of drug-likeness (QED) is 0.584. The van der Waals surface area contributed by atoms with Crippen LogP contribution in [0.5, 0.6) is 0 Å². The zero-order valence-electron chi connectivity index (χ0n) is 17.7. The summed E-state index contributed by atoms with van der Waals surface area (Å²) in [5.41, 5.74) is 1.96. The number of carbonyl (C=O) groups excluding carboxylic acids is 2. The fourth-order valence-corrected chi connectivity index (χ4v) is 5.08. The van der Waals surface area contributed by atoms with Crippen molar-refractivity contribution in [3.8, 4) is 0 Å². The van der Waals surface area contributed by atoms with Crippen molar-refractivity contribution in [3.05, 3.63) is 63.5 Å². The Kier molecular flexibility index (Phi) is 5.34. The Morgan fingerprint density at radius 2 is 1.84 bits per heavy atom. The molecule has 166 valence electrons. The molecule has 32 heavy (non-hydrogen) atoms. The predicted octanol–water partition coefficient (Wildman–Crippen LogP) is 2.77. The highest BCUT2D eigenvalue weighted by Crippen LogP contribution is 2.38. The molecule has 0 radical (unpaired) electrons. The number of carbonyl (C=O) groups is 2. The Bertz CT molecular complexity index is 1060. The molecule has 0 saturated carbocycles. The van der Waals surface area contributed by atoms with E-state index in [1.54, 1.807) is 12.1 Å². The lowest BCUT2D eigenvalue weighted by atomic mass is 9.95. The number of nitrogens with zero attached hydrogens (tertiary/aromatic N) is 4. The molecule has 1 unspecified atom stereocenters. The van der Waals surface area contributed by atoms with Gasteiger partial charge in [-0.1, -0.05) is 0 Å². The molecule has 0 aliphatic carbocycles. The van der Waals surface area contributed by atoms with E-state index in [0.29, 0.717) is 28.6 Å². The first-order chi connectivity index (χ1) is 15.5. The van der Waals surface area contributed by atoms with Crippen LogP contribution in [-0.2, 0) is 4.79 Å². The number of nitro groups is 1. The van der Waals surface area contributed by atoms with Gasteiger partial charge in [-0.3, -0.25) is 24.7 Å². The Balaban J connectivity index is 1.29. The van der Waals surface area contributed by atoms with E-state index in [1.165, 1.54) is 50.3 Å². The molecule has 2 fully saturated rings. The van der Waals surface area contributed by atoms with E-state index in [2.05, 4.69) is 15.2 Å². The minimum atomic E-state index is -0.731. The molecule has 2 aromatic rings. The highest BCUT2D eigenvalue weighted by molar-refractivity contribution is 6.05. The van der Waals surface area contributed by atoms with Crippen molar-refractivity contribution in [1.82, 2.24) is 14.8 Å². The third-order valence-electron chi connectivity index (χ3n) is 6.81. The molecule has 3 aliphatic heterocycles. The Hall–Kier alpha value is -3.33. The minimum absolute atomic E-state index is 0.0455. The number of rotatable bonds is 4. The summed E-state index contributed by atoms with van der Waals surface area (Å²) >= 11 is 0. The van der Waals surface area contributed by atoms with Crippen molar-refractivity contribution >= 4 is 23.2 Å². The average molecular weight is 435 g/mol. The van der Waals surface area contributed by atoms with Crippen LogP contribution in [0.2, 0.25) is 0 Å². The Morgan fingerprint density at radius 3 is 2.50 bits per heavy atom. The number of fused-ring (bicyclic) bond motifs is 1. The number of hydrogen-bond acceptors (Lipinski definition) is 6. The van der Waals surface area contributed by atoms with E-state index in [1.807, 2.05) is 4.90 Å². The van der Waals surface area contributed by atoms with E-state index < -0.39 is 10.8 Å². The van der Waals surface area contributed by atoms with Gasteiger partial charge in [-0.2, -0.15) is 0 Å². The molecule has 4 heterocycles. The highest BCUT2D eigenvalue weighted by atomic mass is 16.6. The molecule has 0 spiro atoms. The highest BCUT2D eigenvalue weighted by Gasteiger charge is 2.35. The topological polar surface area (TPSA) is 109 Å². The van der Waals surface area contributed by atoms with Gasteiger partial charge in [-0.25, -0.2) is 0 Å². The van der Waals surface area contributed by atoms with Crippen LogP contribution in [0.15, 0.2) is 36.5 Å². The van der Waals surface area contributed by atoms with E-state index in [-0.39, 0.29) is 17.5 Å². The van der Waals surface area contributed by atoms with Gasteiger partial charge in [0.2, 0.25) is 5.91 Å². The molecule has 2 saturated heterocycles. The van der Waals surface area contributed by atoms with Crippen LogP contribution in [0.4, 0.5) is 11.4 Å². The van der Waals surface area contributed by atoms with Gasteiger partial charge in [0.05, 0.1) is 16.2 Å². The van der Waals surface area contributed by atoms with Gasteiger partial charge >= 0.3 is 0 Å². The normalized spacial score (nSPS) is 21.4. The first kappa shape index (κ1) is 20.6. The van der Waals surface area contributed by atoms with Crippen LogP contribution in [0.3, 0.4) is 0 Å². The molecular formula is C23H25N5O4. The zero-order valence-corrected chi connectivity index (χ0v) is 17.7. The number of nitro benzene ring substituents is 1. The van der Waals surface area contributed by atoms with E-state index in [9.17, 15) is 19.7 Å². The monoisotopic (exact) mass is 435 g/mol. The fraction of sp³-hybridized carbons (Fsp3) is 0.435. The predicted molar refractivity (Wildman–Crippen MR) is 118 cm³/mol. The fourth-order valence-electron chi connectivity index (χ4n) is 5.08. The van der Waals surface area contributed by atoms with Crippen molar-refractivity contribution in [1.29, 1.82) is 0 Å². The second-order valence-corrected chi connectivity index (χ2v) is 8.69. The van der Waals surface area contributed by atoms with E-state index in [4.69, 9.17) is 0 Å². The molecule has 1 atom stereocenters. The van der Waals surface area contributed by atoms with Crippen LogP contribution < -0.4 is 5.32 Å². The van der Waals surface area contributed by atoms with Crippen molar-refractivity contribution < 1.29 is 14.5 Å². The number of anilines is 1. The summed E-state index contributed by atoms with van der Waals surface area (Å²) in [6.07, 6.45) is 6.04. The van der Waals surface area contributed by atoms with Crippen LogP contribution >= 0.6 is 0 Å². The van der Waals surface area contributed by atoms with Gasteiger partial charge in [-0.05, 0) is 57.0 Å². The van der Waals surface area contributed by atoms with E-state index in [0.717, 1.165) is 25.9 Å². The Labute approximate surface area is 185 Å². The minimum Gasteiger partial charge on any atom is -0.338 e. The summed E-state index contributed by atoms with van der Waals surface area (Å²) in [6.45, 7) is 3.82. The molecule has 1 aromatic carbocycles. The number of non-ortho nitro benzene ring substituents is 1. The average Bonchev–Trinajstić information content (AvgIpc) is 3.46. The molecule has 9 heteroatoms. The molecular weight excluding hydrogens is 410 g/mol. The van der Waals surface area contributed by atoms with Crippen LogP contribution in [-0.4, -0.2) is 63.7 Å². The number of amides is 2. The SMILES string of the molecule is O=C1Nc2ccc([N+](=O)[O-])cc2C1c1ccc(C(=O)N2CCC(N3CCCC3)CC2)cn1. The van der Waals surface area contributed by atoms with E-state index >= 15 is 0 Å². The number of benzene rings is 1. The number of nitrogens with one attached hydrogen (secondary N) is 1. The maximum Gasteiger partial charge on any atom is 0.269 e. The molecule has 5 rings (SSSR count). The van der Waals surface area contributed by atoms with Gasteiger partial charge in [-0.15, -0.1) is 0 Å². The molecule has 9 nitrogen and oxygen atoms in total. The largest absolute Gasteiger partial charge is 0.338 e. The van der Waals surface area contributed by atoms with Crippen molar-refractivity contribution in [3.63, 3.8) is 0 Å². The van der Waals surface area contributed by atoms with Crippen molar-refractivity contribution in [2.24, 2.45) is 0 Å². The van der Waals surface area contributed by atoms with Crippen LogP contribution in [0.25, 0.3) is 0 Å². The smallest absolute Gasteiger partial charge is 0.269 e. The third kappa shape index (κ3) is 3.73. The summed E-state index contributed by atoms with van der Waals surface area (Å²) in [5.74, 6) is -1.06. The van der Waals surface area contributed by atoms with Gasteiger partial charge in [0.1, 0.15) is 5.92 Å². The number of likely N-dealkylation sites (tertiary alicyclic amines) is 2. The van der Waals surface area contributed by atoms with Crippen molar-refractivity contribution in [2.75, 3.05) is 31.5 Å². The summed E-state index contributed by atoms with van der Waals surface area (Å²) in [4.78, 5) is 44.9. The summed E-state index contributed by atoms with van der Waals surface area (Å²) in [7, 11) is 0. The molecule has 0 bridgehead atoms.